The lowest BCUT2D eigenvalue weighted by Crippen LogP contribution is -2.23. The average Bonchev–Trinajstić information content (AvgIpc) is 2.65. The van der Waals surface area contributed by atoms with E-state index in [4.69, 9.17) is 0 Å². The first-order valence-corrected chi connectivity index (χ1v) is 6.36. The molecule has 92 valence electrons. The van der Waals surface area contributed by atoms with Gasteiger partial charge >= 0.3 is 0 Å². The van der Waals surface area contributed by atoms with Crippen molar-refractivity contribution in [2.24, 2.45) is 0 Å². The van der Waals surface area contributed by atoms with Crippen molar-refractivity contribution >= 4 is 0 Å². The molecule has 0 unspecified atom stereocenters. The third-order valence-electron chi connectivity index (χ3n) is 3.35. The number of hydrogen-bond donors (Lipinski definition) is 0. The largest absolute Gasteiger partial charge is 0.297 e. The molecule has 1 aliphatic heterocycles. The van der Waals surface area contributed by atoms with Gasteiger partial charge in [-0.2, -0.15) is 0 Å². The molecule has 1 aliphatic rings. The first-order valence-electron chi connectivity index (χ1n) is 6.36. The molecule has 0 fully saturated rings. The fraction of sp³-hybridized carbons (Fsp3) is 0.357. The molecule has 0 aromatic carbocycles. The lowest BCUT2D eigenvalue weighted by Gasteiger charge is -2.09. The van der Waals surface area contributed by atoms with Crippen molar-refractivity contribution < 1.29 is 0 Å². The lowest BCUT2D eigenvalue weighted by atomic mass is 10.2. The Balaban J connectivity index is 2.11. The van der Waals surface area contributed by atoms with E-state index in [1.165, 1.54) is 6.42 Å². The number of nitrogens with zero attached hydrogens (tertiary/aromatic N) is 3. The summed E-state index contributed by atoms with van der Waals surface area (Å²) in [5.41, 5.74) is 1.78. The zero-order valence-corrected chi connectivity index (χ0v) is 10.2. The zero-order valence-electron chi connectivity index (χ0n) is 10.2. The van der Waals surface area contributed by atoms with Crippen molar-refractivity contribution in [2.75, 3.05) is 0 Å². The SMILES string of the molecule is O=c1cc(-c2ccncc2)nc2n1CCCCC2. The summed E-state index contributed by atoms with van der Waals surface area (Å²) in [6, 6.07) is 5.40. The topological polar surface area (TPSA) is 47.8 Å². The van der Waals surface area contributed by atoms with Crippen molar-refractivity contribution in [3.8, 4) is 11.3 Å². The Morgan fingerprint density at radius 2 is 1.94 bits per heavy atom. The van der Waals surface area contributed by atoms with Crippen LogP contribution in [0.15, 0.2) is 35.4 Å². The molecule has 2 aromatic rings. The monoisotopic (exact) mass is 241 g/mol. The number of aryl methyl sites for hydroxylation is 1. The van der Waals surface area contributed by atoms with E-state index < -0.39 is 0 Å². The molecular weight excluding hydrogens is 226 g/mol. The Kier molecular flexibility index (Phi) is 2.92. The third kappa shape index (κ3) is 2.06. The minimum atomic E-state index is 0.0636. The van der Waals surface area contributed by atoms with Crippen LogP contribution < -0.4 is 5.56 Å². The van der Waals surface area contributed by atoms with Crippen LogP contribution >= 0.6 is 0 Å². The van der Waals surface area contributed by atoms with Crippen molar-refractivity contribution in [2.45, 2.75) is 32.2 Å². The third-order valence-corrected chi connectivity index (χ3v) is 3.35. The van der Waals surface area contributed by atoms with E-state index in [0.717, 1.165) is 42.9 Å². The highest BCUT2D eigenvalue weighted by atomic mass is 16.1. The quantitative estimate of drug-likeness (QED) is 0.767. The highest BCUT2D eigenvalue weighted by Gasteiger charge is 2.12. The molecule has 0 spiro atoms. The number of hydrogen-bond acceptors (Lipinski definition) is 3. The second-order valence-electron chi connectivity index (χ2n) is 4.59. The maximum atomic E-state index is 12.1. The molecule has 2 aromatic heterocycles. The molecule has 3 rings (SSSR count). The van der Waals surface area contributed by atoms with E-state index in [9.17, 15) is 4.79 Å². The average molecular weight is 241 g/mol. The van der Waals surface area contributed by atoms with Gasteiger partial charge in [-0.3, -0.25) is 14.3 Å². The van der Waals surface area contributed by atoms with Crippen LogP contribution in [0.5, 0.6) is 0 Å². The van der Waals surface area contributed by atoms with Gasteiger partial charge in [-0.25, -0.2) is 4.98 Å². The van der Waals surface area contributed by atoms with Crippen molar-refractivity contribution in [1.29, 1.82) is 0 Å². The number of fused-ring (bicyclic) bond motifs is 1. The van der Waals surface area contributed by atoms with Crippen LogP contribution in [0, 0.1) is 0 Å². The standard InChI is InChI=1S/C14H15N3O/c18-14-10-12(11-5-7-15-8-6-11)16-13-4-2-1-3-9-17(13)14/h5-8,10H,1-4,9H2. The van der Waals surface area contributed by atoms with Gasteiger partial charge in [0.2, 0.25) is 0 Å². The maximum Gasteiger partial charge on any atom is 0.254 e. The minimum Gasteiger partial charge on any atom is -0.297 e. The fourth-order valence-electron chi connectivity index (χ4n) is 2.38. The highest BCUT2D eigenvalue weighted by Crippen LogP contribution is 2.17. The van der Waals surface area contributed by atoms with Crippen LogP contribution in [-0.2, 0) is 13.0 Å². The van der Waals surface area contributed by atoms with E-state index in [1.807, 2.05) is 16.7 Å². The van der Waals surface area contributed by atoms with Gasteiger partial charge in [0.25, 0.3) is 5.56 Å². The fourth-order valence-corrected chi connectivity index (χ4v) is 2.38. The number of aromatic nitrogens is 3. The predicted octanol–water partition coefficient (Wildman–Crippen LogP) is 2.03. The summed E-state index contributed by atoms with van der Waals surface area (Å²) in [7, 11) is 0. The van der Waals surface area contributed by atoms with E-state index in [0.29, 0.717) is 0 Å². The molecule has 4 heteroatoms. The summed E-state index contributed by atoms with van der Waals surface area (Å²) in [6.07, 6.45) is 7.71. The van der Waals surface area contributed by atoms with Crippen molar-refractivity contribution in [3.05, 3.63) is 46.8 Å². The molecule has 0 bridgehead atoms. The molecule has 0 saturated carbocycles. The molecule has 0 amide bonds. The van der Waals surface area contributed by atoms with E-state index in [1.54, 1.807) is 18.5 Å². The Bertz CT molecular complexity index is 604. The molecule has 0 atom stereocenters. The molecule has 0 N–H and O–H groups in total. The summed E-state index contributed by atoms with van der Waals surface area (Å²) < 4.78 is 1.82. The lowest BCUT2D eigenvalue weighted by molar-refractivity contribution is 0.609. The van der Waals surface area contributed by atoms with Gasteiger partial charge in [0.05, 0.1) is 5.69 Å². The van der Waals surface area contributed by atoms with Gasteiger partial charge < -0.3 is 0 Å². The van der Waals surface area contributed by atoms with Gasteiger partial charge in [0.1, 0.15) is 5.82 Å². The number of pyridine rings is 1. The molecule has 0 saturated heterocycles. The second kappa shape index (κ2) is 4.72. The van der Waals surface area contributed by atoms with E-state index >= 15 is 0 Å². The van der Waals surface area contributed by atoms with Gasteiger partial charge in [0.15, 0.2) is 0 Å². The summed E-state index contributed by atoms with van der Waals surface area (Å²) in [5, 5.41) is 0. The molecule has 4 nitrogen and oxygen atoms in total. The summed E-state index contributed by atoms with van der Waals surface area (Å²) >= 11 is 0. The maximum absolute atomic E-state index is 12.1. The Hall–Kier alpha value is -1.97. The molecule has 0 aliphatic carbocycles. The van der Waals surface area contributed by atoms with Crippen LogP contribution in [0.3, 0.4) is 0 Å². The van der Waals surface area contributed by atoms with Gasteiger partial charge in [-0.05, 0) is 25.0 Å². The van der Waals surface area contributed by atoms with Crippen LogP contribution in [-0.4, -0.2) is 14.5 Å². The van der Waals surface area contributed by atoms with Crippen LogP contribution in [0.4, 0.5) is 0 Å². The highest BCUT2D eigenvalue weighted by molar-refractivity contribution is 5.57. The predicted molar refractivity (Wildman–Crippen MR) is 69.3 cm³/mol. The smallest absolute Gasteiger partial charge is 0.254 e. The van der Waals surface area contributed by atoms with Gasteiger partial charge in [-0.1, -0.05) is 6.42 Å². The van der Waals surface area contributed by atoms with Crippen molar-refractivity contribution in [1.82, 2.24) is 14.5 Å². The minimum absolute atomic E-state index is 0.0636. The van der Waals surface area contributed by atoms with Gasteiger partial charge in [-0.15, -0.1) is 0 Å². The zero-order chi connectivity index (χ0) is 12.4. The molecule has 3 heterocycles. The number of rotatable bonds is 1. The molecule has 18 heavy (non-hydrogen) atoms. The normalized spacial score (nSPS) is 14.9. The molecular formula is C14H15N3O. The van der Waals surface area contributed by atoms with Crippen molar-refractivity contribution in [3.63, 3.8) is 0 Å². The molecule has 0 radical (unpaired) electrons. The Labute approximate surface area is 105 Å². The summed E-state index contributed by atoms with van der Waals surface area (Å²) in [4.78, 5) is 20.7. The van der Waals surface area contributed by atoms with Crippen LogP contribution in [0.1, 0.15) is 25.1 Å². The first kappa shape index (κ1) is 11.1. The van der Waals surface area contributed by atoms with Crippen LogP contribution in [0.25, 0.3) is 11.3 Å². The Morgan fingerprint density at radius 3 is 2.78 bits per heavy atom. The van der Waals surface area contributed by atoms with E-state index in [-0.39, 0.29) is 5.56 Å². The van der Waals surface area contributed by atoms with E-state index in [2.05, 4.69) is 9.97 Å². The van der Waals surface area contributed by atoms with Crippen LogP contribution in [0.2, 0.25) is 0 Å². The summed E-state index contributed by atoms with van der Waals surface area (Å²) in [6.45, 7) is 0.803. The Morgan fingerprint density at radius 1 is 1.11 bits per heavy atom. The first-order chi connectivity index (χ1) is 8.84. The summed E-state index contributed by atoms with van der Waals surface area (Å²) in [5.74, 6) is 0.923. The van der Waals surface area contributed by atoms with Gasteiger partial charge in [0, 0.05) is 37.0 Å². The second-order valence-corrected chi connectivity index (χ2v) is 4.59.